The standard InChI is InChI=1S/C33H30FN3O3S/c1-33(2)16-25-28(26(38)17-33)27(22-10-14-24(15-11-22)40-18-20-6-4-3-5-7-20)29-30(35-25)36-32(37-31(29)39)41-19-21-8-12-23(34)13-9-21/h3-15,27H,16-19H2,1-2H3,(H2,35,36,37,39). The number of carbonyl (C=O) groups is 1. The van der Waals surface area contributed by atoms with Crippen molar-refractivity contribution in [2.45, 2.75) is 50.1 Å². The predicted molar refractivity (Wildman–Crippen MR) is 159 cm³/mol. The Morgan fingerprint density at radius 1 is 0.951 bits per heavy atom. The second-order valence-electron chi connectivity index (χ2n) is 11.3. The molecule has 4 aromatic rings. The number of allylic oxidation sites excluding steroid dienone is 2. The first kappa shape index (κ1) is 27.0. The Bertz CT molecular complexity index is 1680. The zero-order valence-electron chi connectivity index (χ0n) is 22.9. The maximum atomic E-state index is 13.6. The number of hydrogen-bond donors (Lipinski definition) is 2. The average Bonchev–Trinajstić information content (AvgIpc) is 2.95. The molecular formula is C33H30FN3O3S. The topological polar surface area (TPSA) is 84.1 Å². The van der Waals surface area contributed by atoms with E-state index in [0.717, 1.165) is 22.4 Å². The summed E-state index contributed by atoms with van der Waals surface area (Å²) >= 11 is 1.37. The van der Waals surface area contributed by atoms with Gasteiger partial charge in [0.05, 0.1) is 5.56 Å². The Balaban J connectivity index is 1.33. The first-order chi connectivity index (χ1) is 19.8. The molecular weight excluding hydrogens is 537 g/mol. The quantitative estimate of drug-likeness (QED) is 0.185. The molecule has 0 spiro atoms. The molecule has 0 saturated heterocycles. The number of aromatic nitrogens is 2. The highest BCUT2D eigenvalue weighted by atomic mass is 32.2. The highest BCUT2D eigenvalue weighted by Crippen LogP contribution is 2.47. The molecule has 1 atom stereocenters. The summed E-state index contributed by atoms with van der Waals surface area (Å²) in [6.45, 7) is 4.60. The number of benzene rings is 3. The van der Waals surface area contributed by atoms with Crippen LogP contribution in [0.3, 0.4) is 0 Å². The molecule has 0 bridgehead atoms. The van der Waals surface area contributed by atoms with Gasteiger partial charge < -0.3 is 15.0 Å². The van der Waals surface area contributed by atoms with Gasteiger partial charge in [-0.2, -0.15) is 0 Å². The van der Waals surface area contributed by atoms with Crippen molar-refractivity contribution < 1.29 is 13.9 Å². The number of nitrogens with one attached hydrogen (secondary N) is 2. The van der Waals surface area contributed by atoms with Crippen LogP contribution in [-0.4, -0.2) is 15.8 Å². The third-order valence-electron chi connectivity index (χ3n) is 7.45. The number of aromatic amines is 1. The van der Waals surface area contributed by atoms with E-state index in [9.17, 15) is 14.0 Å². The zero-order chi connectivity index (χ0) is 28.6. The number of carbonyl (C=O) groups excluding carboxylic acids is 1. The summed E-state index contributed by atoms with van der Waals surface area (Å²) in [6.07, 6.45) is 1.09. The predicted octanol–water partition coefficient (Wildman–Crippen LogP) is 6.98. The van der Waals surface area contributed by atoms with E-state index in [1.54, 1.807) is 12.1 Å². The molecule has 0 saturated carbocycles. The molecule has 1 aliphatic heterocycles. The first-order valence-corrected chi connectivity index (χ1v) is 14.6. The van der Waals surface area contributed by atoms with E-state index in [1.165, 1.54) is 23.9 Å². The summed E-state index contributed by atoms with van der Waals surface area (Å²) in [6, 6.07) is 23.8. The van der Waals surface area contributed by atoms with E-state index in [1.807, 2.05) is 54.6 Å². The number of rotatable bonds is 7. The Hall–Kier alpha value is -4.17. The van der Waals surface area contributed by atoms with Crippen LogP contribution < -0.4 is 15.6 Å². The fourth-order valence-electron chi connectivity index (χ4n) is 5.52. The minimum atomic E-state index is -0.541. The van der Waals surface area contributed by atoms with Crippen LogP contribution in [0.4, 0.5) is 10.2 Å². The van der Waals surface area contributed by atoms with E-state index in [4.69, 9.17) is 9.72 Å². The molecule has 2 aliphatic rings. The van der Waals surface area contributed by atoms with Crippen LogP contribution in [0.5, 0.6) is 5.75 Å². The highest BCUT2D eigenvalue weighted by Gasteiger charge is 2.42. The van der Waals surface area contributed by atoms with Crippen LogP contribution in [0.25, 0.3) is 0 Å². The van der Waals surface area contributed by atoms with Crippen LogP contribution >= 0.6 is 11.8 Å². The van der Waals surface area contributed by atoms with Gasteiger partial charge in [0, 0.05) is 29.4 Å². The largest absolute Gasteiger partial charge is 0.489 e. The smallest absolute Gasteiger partial charge is 0.257 e. The lowest BCUT2D eigenvalue weighted by atomic mass is 9.69. The number of ether oxygens (including phenoxy) is 1. The molecule has 0 fully saturated rings. The van der Waals surface area contributed by atoms with Gasteiger partial charge in [-0.05, 0) is 52.8 Å². The summed E-state index contributed by atoms with van der Waals surface area (Å²) in [5, 5.41) is 3.82. The second kappa shape index (κ2) is 11.0. The van der Waals surface area contributed by atoms with Crippen molar-refractivity contribution in [2.24, 2.45) is 5.41 Å². The van der Waals surface area contributed by atoms with Gasteiger partial charge in [0.15, 0.2) is 10.9 Å². The van der Waals surface area contributed by atoms with Crippen LogP contribution in [0.1, 0.15) is 54.9 Å². The Labute approximate surface area is 242 Å². The third kappa shape index (κ3) is 5.84. The van der Waals surface area contributed by atoms with Gasteiger partial charge in [-0.15, -0.1) is 0 Å². The van der Waals surface area contributed by atoms with Crippen molar-refractivity contribution in [3.63, 3.8) is 0 Å². The van der Waals surface area contributed by atoms with E-state index in [0.29, 0.717) is 53.1 Å². The molecule has 6 rings (SSSR count). The van der Waals surface area contributed by atoms with Crippen LogP contribution in [0.15, 0.2) is 100 Å². The van der Waals surface area contributed by atoms with E-state index in [2.05, 4.69) is 24.1 Å². The van der Waals surface area contributed by atoms with Crippen molar-refractivity contribution in [2.75, 3.05) is 5.32 Å². The third-order valence-corrected chi connectivity index (χ3v) is 8.40. The maximum absolute atomic E-state index is 13.6. The van der Waals surface area contributed by atoms with Crippen molar-refractivity contribution >= 4 is 23.4 Å². The lowest BCUT2D eigenvalue weighted by Gasteiger charge is -2.38. The second-order valence-corrected chi connectivity index (χ2v) is 12.2. The highest BCUT2D eigenvalue weighted by molar-refractivity contribution is 7.98. The van der Waals surface area contributed by atoms with Gasteiger partial charge in [0.25, 0.3) is 5.56 Å². The number of nitrogens with zero attached hydrogens (tertiary/aromatic N) is 1. The lowest BCUT2D eigenvalue weighted by Crippen LogP contribution is -2.37. The summed E-state index contributed by atoms with van der Waals surface area (Å²) in [5.41, 5.74) is 4.21. The molecule has 2 N–H and O–H groups in total. The number of thioether (sulfide) groups is 1. The monoisotopic (exact) mass is 567 g/mol. The zero-order valence-corrected chi connectivity index (χ0v) is 23.7. The van der Waals surface area contributed by atoms with Crippen LogP contribution in [0.2, 0.25) is 0 Å². The molecule has 3 aromatic carbocycles. The Morgan fingerprint density at radius 2 is 1.68 bits per heavy atom. The van der Waals surface area contributed by atoms with E-state index < -0.39 is 5.92 Å². The number of anilines is 1. The normalized spacial score (nSPS) is 17.4. The number of H-pyrrole nitrogens is 1. The van der Waals surface area contributed by atoms with Gasteiger partial charge in [0.1, 0.15) is 24.0 Å². The number of hydrogen-bond acceptors (Lipinski definition) is 6. The van der Waals surface area contributed by atoms with Gasteiger partial charge in [-0.1, -0.05) is 80.2 Å². The summed E-state index contributed by atoms with van der Waals surface area (Å²) in [4.78, 5) is 34.8. The van der Waals surface area contributed by atoms with Gasteiger partial charge >= 0.3 is 0 Å². The molecule has 0 amide bonds. The molecule has 41 heavy (non-hydrogen) atoms. The molecule has 8 heteroatoms. The average molecular weight is 568 g/mol. The fraction of sp³-hybridized carbons (Fsp3) is 0.242. The minimum absolute atomic E-state index is 0.0398. The van der Waals surface area contributed by atoms with E-state index >= 15 is 0 Å². The van der Waals surface area contributed by atoms with Crippen molar-refractivity contribution in [3.05, 3.63) is 129 Å². The van der Waals surface area contributed by atoms with Gasteiger partial charge in [-0.3, -0.25) is 9.59 Å². The number of ketones is 1. The van der Waals surface area contributed by atoms with Crippen molar-refractivity contribution in [1.82, 2.24) is 9.97 Å². The summed E-state index contributed by atoms with van der Waals surface area (Å²) < 4.78 is 19.3. The van der Waals surface area contributed by atoms with Gasteiger partial charge in [0.2, 0.25) is 0 Å². The van der Waals surface area contributed by atoms with Crippen LogP contribution in [0, 0.1) is 11.2 Å². The molecule has 1 aliphatic carbocycles. The number of fused-ring (bicyclic) bond motifs is 1. The van der Waals surface area contributed by atoms with E-state index in [-0.39, 0.29) is 22.6 Å². The minimum Gasteiger partial charge on any atom is -0.489 e. The fourth-order valence-corrected chi connectivity index (χ4v) is 6.34. The van der Waals surface area contributed by atoms with Crippen molar-refractivity contribution in [1.29, 1.82) is 0 Å². The molecule has 6 nitrogen and oxygen atoms in total. The first-order valence-electron chi connectivity index (χ1n) is 13.6. The number of Topliss-reactive ketones (excluding diaryl/α,β-unsaturated/α-hetero) is 1. The lowest BCUT2D eigenvalue weighted by molar-refractivity contribution is -0.118. The molecule has 0 radical (unpaired) electrons. The molecule has 1 aromatic heterocycles. The summed E-state index contributed by atoms with van der Waals surface area (Å²) in [5.74, 6) is 0.901. The summed E-state index contributed by atoms with van der Waals surface area (Å²) in [7, 11) is 0. The molecule has 208 valence electrons. The van der Waals surface area contributed by atoms with Crippen LogP contribution in [-0.2, 0) is 17.2 Å². The Kier molecular flexibility index (Phi) is 7.26. The molecule has 1 unspecified atom stereocenters. The van der Waals surface area contributed by atoms with Gasteiger partial charge in [-0.25, -0.2) is 9.37 Å². The Morgan fingerprint density at radius 3 is 2.41 bits per heavy atom. The maximum Gasteiger partial charge on any atom is 0.257 e. The molecule has 2 heterocycles. The van der Waals surface area contributed by atoms with Crippen molar-refractivity contribution in [3.8, 4) is 5.75 Å². The number of halogens is 1. The SMILES string of the molecule is CC1(C)CC(=O)C2=C(C1)Nc1nc(SCc3ccc(F)cc3)[nH]c(=O)c1C2c1ccc(OCc2ccccc2)cc1.